The SMILES string of the molecule is CCOC(=O)CC(C(=O)OCC)C(=S)N(S)C1CCCCC1. The van der Waals surface area contributed by atoms with Crippen LogP contribution in [0.15, 0.2) is 0 Å². The summed E-state index contributed by atoms with van der Waals surface area (Å²) in [5, 5.41) is 0. The first-order valence-electron chi connectivity index (χ1n) is 7.85. The number of thiocarbonyl (C=S) groups is 1. The Labute approximate surface area is 143 Å². The molecule has 0 bridgehead atoms. The largest absolute Gasteiger partial charge is 0.466 e. The predicted molar refractivity (Wildman–Crippen MR) is 91.7 cm³/mol. The zero-order chi connectivity index (χ0) is 16.5. The summed E-state index contributed by atoms with van der Waals surface area (Å²) < 4.78 is 11.6. The van der Waals surface area contributed by atoms with Gasteiger partial charge in [0.15, 0.2) is 0 Å². The van der Waals surface area contributed by atoms with Crippen LogP contribution in [0.2, 0.25) is 0 Å². The van der Waals surface area contributed by atoms with Gasteiger partial charge in [0.05, 0.1) is 19.6 Å². The van der Waals surface area contributed by atoms with Crippen LogP contribution in [-0.2, 0) is 19.1 Å². The van der Waals surface area contributed by atoms with Crippen molar-refractivity contribution in [2.45, 2.75) is 58.4 Å². The summed E-state index contributed by atoms with van der Waals surface area (Å²) >= 11 is 9.89. The van der Waals surface area contributed by atoms with Gasteiger partial charge in [-0.05, 0) is 26.7 Å². The summed E-state index contributed by atoms with van der Waals surface area (Å²) in [6, 6.07) is 0.212. The Morgan fingerprint density at radius 3 is 2.32 bits per heavy atom. The van der Waals surface area contributed by atoms with E-state index in [1.807, 2.05) is 0 Å². The molecule has 0 spiro atoms. The second-order valence-corrected chi connectivity index (χ2v) is 6.14. The number of thiol groups is 1. The number of rotatable bonds is 7. The van der Waals surface area contributed by atoms with E-state index in [9.17, 15) is 9.59 Å². The lowest BCUT2D eigenvalue weighted by molar-refractivity contribution is -0.152. The highest BCUT2D eigenvalue weighted by Gasteiger charge is 2.33. The summed E-state index contributed by atoms with van der Waals surface area (Å²) in [6.45, 7) is 3.97. The van der Waals surface area contributed by atoms with Crippen LogP contribution in [0.25, 0.3) is 0 Å². The first-order valence-corrected chi connectivity index (χ1v) is 8.66. The molecule has 0 amide bonds. The third-order valence-electron chi connectivity index (χ3n) is 3.69. The van der Waals surface area contributed by atoms with E-state index in [4.69, 9.17) is 21.7 Å². The van der Waals surface area contributed by atoms with Gasteiger partial charge in [0.2, 0.25) is 0 Å². The van der Waals surface area contributed by atoms with Crippen LogP contribution in [0.3, 0.4) is 0 Å². The average molecular weight is 348 g/mol. The highest BCUT2D eigenvalue weighted by molar-refractivity contribution is 7.84. The Kier molecular flexibility index (Phi) is 8.78. The van der Waals surface area contributed by atoms with E-state index in [1.165, 1.54) is 6.42 Å². The molecule has 0 saturated heterocycles. The zero-order valence-corrected chi connectivity index (χ0v) is 15.0. The maximum atomic E-state index is 12.1. The number of carbonyl (C=O) groups excluding carboxylic acids is 2. The van der Waals surface area contributed by atoms with E-state index >= 15 is 0 Å². The molecule has 1 aliphatic carbocycles. The second kappa shape index (κ2) is 10.0. The van der Waals surface area contributed by atoms with E-state index < -0.39 is 17.9 Å². The van der Waals surface area contributed by atoms with Crippen LogP contribution in [0.4, 0.5) is 0 Å². The third kappa shape index (κ3) is 5.76. The monoisotopic (exact) mass is 347 g/mol. The minimum Gasteiger partial charge on any atom is -0.466 e. The van der Waals surface area contributed by atoms with Gasteiger partial charge < -0.3 is 13.8 Å². The third-order valence-corrected chi connectivity index (χ3v) is 4.85. The fourth-order valence-electron chi connectivity index (χ4n) is 2.57. The van der Waals surface area contributed by atoms with Gasteiger partial charge >= 0.3 is 11.9 Å². The van der Waals surface area contributed by atoms with Crippen LogP contribution < -0.4 is 0 Å². The lowest BCUT2D eigenvalue weighted by atomic mass is 9.94. The highest BCUT2D eigenvalue weighted by Crippen LogP contribution is 2.27. The van der Waals surface area contributed by atoms with Crippen LogP contribution >= 0.6 is 25.0 Å². The van der Waals surface area contributed by atoms with Crippen LogP contribution in [0, 0.1) is 5.92 Å². The molecule has 0 aliphatic heterocycles. The topological polar surface area (TPSA) is 55.8 Å². The molecule has 126 valence electrons. The number of hydrogen-bond acceptors (Lipinski definition) is 6. The molecule has 1 fully saturated rings. The number of ether oxygens (including phenoxy) is 2. The minimum absolute atomic E-state index is 0.102. The van der Waals surface area contributed by atoms with E-state index in [-0.39, 0.29) is 25.7 Å². The summed E-state index contributed by atoms with van der Waals surface area (Å²) in [6.07, 6.45) is 5.38. The standard InChI is InChI=1S/C15H25NO4S2/c1-3-19-13(17)10-12(15(18)20-4-2)14(21)16(22)11-8-6-5-7-9-11/h11-12,22H,3-10H2,1-2H3. The molecule has 0 N–H and O–H groups in total. The number of esters is 2. The first kappa shape index (κ1) is 19.2. The van der Waals surface area contributed by atoms with E-state index in [0.29, 0.717) is 4.99 Å². The molecule has 1 rings (SSSR count). The quantitative estimate of drug-likeness (QED) is 0.434. The maximum absolute atomic E-state index is 12.1. The van der Waals surface area contributed by atoms with Crippen molar-refractivity contribution >= 4 is 42.0 Å². The van der Waals surface area contributed by atoms with E-state index in [1.54, 1.807) is 18.2 Å². The fourth-order valence-corrected chi connectivity index (χ4v) is 3.27. The molecule has 0 radical (unpaired) electrons. The molecular weight excluding hydrogens is 322 g/mol. The molecular formula is C15H25NO4S2. The van der Waals surface area contributed by atoms with Gasteiger partial charge in [-0.2, -0.15) is 0 Å². The molecule has 0 aromatic heterocycles. The number of hydrogen-bond donors (Lipinski definition) is 1. The van der Waals surface area contributed by atoms with Gasteiger partial charge in [-0.3, -0.25) is 9.59 Å². The molecule has 1 atom stereocenters. The van der Waals surface area contributed by atoms with Gasteiger partial charge in [0, 0.05) is 6.04 Å². The van der Waals surface area contributed by atoms with E-state index in [2.05, 4.69) is 12.8 Å². The second-order valence-electron chi connectivity index (χ2n) is 5.29. The zero-order valence-electron chi connectivity index (χ0n) is 13.2. The summed E-state index contributed by atoms with van der Waals surface area (Å²) in [4.78, 5) is 24.2. The lowest BCUT2D eigenvalue weighted by Gasteiger charge is -2.33. The van der Waals surface area contributed by atoms with Gasteiger partial charge in [0.1, 0.15) is 10.9 Å². The maximum Gasteiger partial charge on any atom is 0.316 e. The normalized spacial score (nSPS) is 16.7. The minimum atomic E-state index is -0.812. The van der Waals surface area contributed by atoms with Crippen molar-refractivity contribution in [1.82, 2.24) is 4.31 Å². The van der Waals surface area contributed by atoms with Gasteiger partial charge in [-0.1, -0.05) is 44.3 Å². The van der Waals surface area contributed by atoms with Crippen molar-refractivity contribution in [2.24, 2.45) is 5.92 Å². The Morgan fingerprint density at radius 2 is 1.77 bits per heavy atom. The van der Waals surface area contributed by atoms with Crippen molar-refractivity contribution in [3.63, 3.8) is 0 Å². The van der Waals surface area contributed by atoms with Crippen molar-refractivity contribution in [2.75, 3.05) is 13.2 Å². The highest BCUT2D eigenvalue weighted by atomic mass is 32.1. The van der Waals surface area contributed by atoms with Crippen LogP contribution in [0.5, 0.6) is 0 Å². The molecule has 1 aliphatic rings. The summed E-state index contributed by atoms with van der Waals surface area (Å²) in [5.41, 5.74) is 0. The van der Waals surface area contributed by atoms with Gasteiger partial charge in [-0.25, -0.2) is 0 Å². The Balaban J connectivity index is 2.76. The molecule has 5 nitrogen and oxygen atoms in total. The Bertz CT molecular complexity index is 397. The van der Waals surface area contributed by atoms with Crippen molar-refractivity contribution in [3.8, 4) is 0 Å². The van der Waals surface area contributed by atoms with Gasteiger partial charge in [0.25, 0.3) is 0 Å². The van der Waals surface area contributed by atoms with Crippen LogP contribution in [0.1, 0.15) is 52.4 Å². The van der Waals surface area contributed by atoms with Crippen molar-refractivity contribution in [1.29, 1.82) is 0 Å². The van der Waals surface area contributed by atoms with Crippen molar-refractivity contribution in [3.05, 3.63) is 0 Å². The molecule has 7 heteroatoms. The molecule has 22 heavy (non-hydrogen) atoms. The molecule has 0 aromatic carbocycles. The molecule has 1 unspecified atom stereocenters. The molecule has 0 heterocycles. The summed E-state index contributed by atoms with van der Waals surface area (Å²) in [7, 11) is 0. The number of nitrogens with zero attached hydrogens (tertiary/aromatic N) is 1. The fraction of sp³-hybridized carbons (Fsp3) is 0.800. The molecule has 1 saturated carbocycles. The van der Waals surface area contributed by atoms with Crippen LogP contribution in [-0.4, -0.2) is 40.5 Å². The molecule has 0 aromatic rings. The van der Waals surface area contributed by atoms with Gasteiger partial charge in [-0.15, -0.1) is 0 Å². The Hall–Kier alpha value is -0.820. The predicted octanol–water partition coefficient (Wildman–Crippen LogP) is 2.93. The smallest absolute Gasteiger partial charge is 0.316 e. The van der Waals surface area contributed by atoms with E-state index in [0.717, 1.165) is 25.7 Å². The summed E-state index contributed by atoms with van der Waals surface area (Å²) in [5.74, 6) is -1.75. The lowest BCUT2D eigenvalue weighted by Crippen LogP contribution is -2.41. The number of carbonyl (C=O) groups is 2. The average Bonchev–Trinajstić information content (AvgIpc) is 2.52. The Morgan fingerprint density at radius 1 is 1.18 bits per heavy atom. The first-order chi connectivity index (χ1) is 10.5. The van der Waals surface area contributed by atoms with Crippen molar-refractivity contribution < 1.29 is 19.1 Å².